The van der Waals surface area contributed by atoms with Crippen LogP contribution in [0.3, 0.4) is 0 Å². The first-order valence-corrected chi connectivity index (χ1v) is 12.6. The second kappa shape index (κ2) is 9.39. The predicted octanol–water partition coefficient (Wildman–Crippen LogP) is 0.201. The van der Waals surface area contributed by atoms with E-state index in [0.29, 0.717) is 20.8 Å². The molecule has 0 bridgehead atoms. The fourth-order valence-electron chi connectivity index (χ4n) is 2.94. The van der Waals surface area contributed by atoms with Crippen LogP contribution < -0.4 is 11.1 Å². The van der Waals surface area contributed by atoms with Gasteiger partial charge in [-0.25, -0.2) is 9.78 Å². The Kier molecular flexibility index (Phi) is 6.58. The Hall–Kier alpha value is -2.76. The average Bonchev–Trinajstić information content (AvgIpc) is 3.44. The number of oxime groups is 1. The van der Waals surface area contributed by atoms with Gasteiger partial charge in [0.25, 0.3) is 11.8 Å². The molecule has 0 radical (unpaired) electrons. The number of carboxylic acid groups (broad SMARTS) is 1. The molecule has 2 aromatic heterocycles. The second-order valence-corrected chi connectivity index (χ2v) is 10.6. The zero-order chi connectivity index (χ0) is 22.8. The van der Waals surface area contributed by atoms with Crippen LogP contribution in [0.2, 0.25) is 0 Å². The van der Waals surface area contributed by atoms with E-state index >= 15 is 0 Å². The molecule has 4 rings (SSSR count). The number of nitrogens with two attached hydrogens (primary N) is 1. The van der Waals surface area contributed by atoms with Gasteiger partial charge in [0, 0.05) is 16.0 Å². The molecule has 2 amide bonds. The van der Waals surface area contributed by atoms with Gasteiger partial charge in [0.15, 0.2) is 10.8 Å². The first kappa shape index (κ1) is 22.4. The molecular formula is C15H14N8O5S4. The zero-order valence-electron chi connectivity index (χ0n) is 15.8. The molecule has 0 aliphatic carbocycles. The van der Waals surface area contributed by atoms with Crippen molar-refractivity contribution >= 4 is 75.2 Å². The average molecular weight is 515 g/mol. The lowest BCUT2D eigenvalue weighted by Gasteiger charge is -2.49. The number of aromatic amines is 1. The largest absolute Gasteiger partial charge is 0.477 e. The maximum atomic E-state index is 12.7. The number of aliphatic carboxylic acids is 1. The highest BCUT2D eigenvalue weighted by Gasteiger charge is 2.54. The molecule has 2 aromatic rings. The van der Waals surface area contributed by atoms with Gasteiger partial charge in [-0.3, -0.25) is 14.5 Å². The van der Waals surface area contributed by atoms with Crippen LogP contribution in [0.4, 0.5) is 5.13 Å². The summed E-state index contributed by atoms with van der Waals surface area (Å²) in [5, 5.41) is 36.7. The number of nitrogens with one attached hydrogen (secondary N) is 2. The van der Waals surface area contributed by atoms with E-state index in [1.54, 1.807) is 6.20 Å². The van der Waals surface area contributed by atoms with Crippen LogP contribution in [0.25, 0.3) is 0 Å². The lowest BCUT2D eigenvalue weighted by molar-refractivity contribution is -0.150. The summed E-state index contributed by atoms with van der Waals surface area (Å²) >= 11 is 5.08. The Morgan fingerprint density at radius 3 is 2.88 bits per heavy atom. The van der Waals surface area contributed by atoms with E-state index in [0.717, 1.165) is 11.3 Å². The summed E-state index contributed by atoms with van der Waals surface area (Å²) in [5.74, 6) is -2.25. The number of nitrogen functional groups attached to an aromatic ring is 1. The van der Waals surface area contributed by atoms with E-state index in [1.165, 1.54) is 45.6 Å². The number of carbonyl (C=O) groups excluding carboxylic acids is 2. The van der Waals surface area contributed by atoms with Gasteiger partial charge in [-0.05, 0) is 0 Å². The molecule has 168 valence electrons. The third-order valence-corrected chi connectivity index (χ3v) is 8.59. The van der Waals surface area contributed by atoms with Crippen molar-refractivity contribution in [3.8, 4) is 0 Å². The van der Waals surface area contributed by atoms with Crippen molar-refractivity contribution in [2.45, 2.75) is 16.4 Å². The number of aromatic nitrogens is 4. The van der Waals surface area contributed by atoms with Crippen LogP contribution in [-0.4, -0.2) is 81.4 Å². The minimum atomic E-state index is -1.22. The van der Waals surface area contributed by atoms with E-state index in [1.807, 2.05) is 0 Å². The van der Waals surface area contributed by atoms with E-state index in [4.69, 9.17) is 5.73 Å². The highest BCUT2D eigenvalue weighted by atomic mass is 32.2. The van der Waals surface area contributed by atoms with Gasteiger partial charge in [-0.1, -0.05) is 16.9 Å². The molecule has 2 atom stereocenters. The summed E-state index contributed by atoms with van der Waals surface area (Å²) in [6, 6.07) is -0.967. The van der Waals surface area contributed by atoms with Crippen molar-refractivity contribution in [2.75, 3.05) is 16.6 Å². The molecule has 4 heterocycles. The van der Waals surface area contributed by atoms with Gasteiger partial charge in [0.1, 0.15) is 27.8 Å². The van der Waals surface area contributed by atoms with Crippen molar-refractivity contribution in [3.63, 3.8) is 0 Å². The topological polar surface area (TPSA) is 200 Å². The minimum Gasteiger partial charge on any atom is -0.477 e. The van der Waals surface area contributed by atoms with E-state index in [2.05, 4.69) is 30.9 Å². The van der Waals surface area contributed by atoms with Gasteiger partial charge in [-0.2, -0.15) is 10.3 Å². The standard InChI is InChI=1S/C15H14N8O5S4/c16-15-18-5(2-30-15)8(21-28)11(24)19-9-12(25)23-10(14(26)27)6(3-29-13(9)23)31-4-32-7-1-17-22-20-7/h1-2,9,13,28H,3-4H2,(H2,16,18)(H,19,24)(H,26,27)(H,17,20,22). The third-order valence-electron chi connectivity index (χ3n) is 4.34. The van der Waals surface area contributed by atoms with Gasteiger partial charge >= 0.3 is 5.97 Å². The number of H-pyrrole nitrogens is 1. The summed E-state index contributed by atoms with van der Waals surface area (Å²) in [6.07, 6.45) is 1.56. The van der Waals surface area contributed by atoms with Crippen molar-refractivity contribution in [2.24, 2.45) is 5.16 Å². The summed E-state index contributed by atoms with van der Waals surface area (Å²) in [7, 11) is 0. The third kappa shape index (κ3) is 4.27. The Labute approximate surface area is 196 Å². The minimum absolute atomic E-state index is 0.0712. The monoisotopic (exact) mass is 514 g/mol. The summed E-state index contributed by atoms with van der Waals surface area (Å²) in [5.41, 5.74) is 5.12. The van der Waals surface area contributed by atoms with Gasteiger partial charge < -0.3 is 21.4 Å². The number of hydrogen-bond acceptors (Lipinski definition) is 13. The fourth-order valence-corrected chi connectivity index (χ4v) is 7.06. The van der Waals surface area contributed by atoms with Crippen LogP contribution in [0, 0.1) is 0 Å². The zero-order valence-corrected chi connectivity index (χ0v) is 19.1. The van der Waals surface area contributed by atoms with E-state index in [-0.39, 0.29) is 22.2 Å². The van der Waals surface area contributed by atoms with Crippen molar-refractivity contribution < 1.29 is 24.7 Å². The molecule has 32 heavy (non-hydrogen) atoms. The smallest absolute Gasteiger partial charge is 0.353 e. The number of amides is 2. The predicted molar refractivity (Wildman–Crippen MR) is 119 cm³/mol. The molecule has 6 N–H and O–H groups in total. The number of hydrogen-bond donors (Lipinski definition) is 5. The molecule has 0 saturated carbocycles. The molecule has 1 fully saturated rings. The number of β-lactam (4-membered cyclic amide) rings is 1. The molecule has 0 spiro atoms. The van der Waals surface area contributed by atoms with Gasteiger partial charge in [0.2, 0.25) is 0 Å². The van der Waals surface area contributed by atoms with Crippen molar-refractivity contribution in [1.29, 1.82) is 0 Å². The van der Waals surface area contributed by atoms with E-state index < -0.39 is 29.2 Å². The number of thiazole rings is 1. The molecule has 2 aliphatic rings. The van der Waals surface area contributed by atoms with E-state index in [9.17, 15) is 24.7 Å². The quantitative estimate of drug-likeness (QED) is 0.0801. The molecule has 2 aliphatic heterocycles. The number of rotatable bonds is 8. The number of nitrogens with zero attached hydrogens (tertiary/aromatic N) is 5. The Morgan fingerprint density at radius 2 is 2.25 bits per heavy atom. The lowest BCUT2D eigenvalue weighted by atomic mass is 10.0. The molecule has 13 nitrogen and oxygen atoms in total. The van der Waals surface area contributed by atoms with Gasteiger partial charge in [0.05, 0.1) is 11.3 Å². The van der Waals surface area contributed by atoms with Crippen molar-refractivity contribution in [3.05, 3.63) is 27.9 Å². The molecular weight excluding hydrogens is 500 g/mol. The number of fused-ring (bicyclic) bond motifs is 1. The first-order chi connectivity index (χ1) is 15.4. The van der Waals surface area contributed by atoms with Gasteiger partial charge in [-0.15, -0.1) is 40.0 Å². The molecule has 2 unspecified atom stereocenters. The molecule has 0 aromatic carbocycles. The lowest BCUT2D eigenvalue weighted by Crippen LogP contribution is -2.71. The van der Waals surface area contributed by atoms with Crippen LogP contribution in [0.1, 0.15) is 5.69 Å². The molecule has 1 saturated heterocycles. The van der Waals surface area contributed by atoms with Crippen LogP contribution in [0.15, 0.2) is 32.4 Å². The van der Waals surface area contributed by atoms with Crippen LogP contribution in [-0.2, 0) is 14.4 Å². The summed E-state index contributed by atoms with van der Waals surface area (Å²) < 4.78 is 0. The Bertz CT molecular complexity index is 1120. The maximum absolute atomic E-state index is 12.7. The number of thioether (sulfide) groups is 3. The number of carboxylic acids is 1. The SMILES string of the molecule is Nc1nc(C(=NO)C(=O)NC2C(=O)N3C(C(=O)O)=C(SCSc4cn[nH]n4)CSC23)cs1. The Morgan fingerprint density at radius 1 is 1.44 bits per heavy atom. The maximum Gasteiger partial charge on any atom is 0.353 e. The normalized spacial score (nSPS) is 20.7. The Balaban J connectivity index is 1.44. The highest BCUT2D eigenvalue weighted by molar-refractivity contribution is 8.18. The van der Waals surface area contributed by atoms with Crippen molar-refractivity contribution in [1.82, 2.24) is 30.6 Å². The van der Waals surface area contributed by atoms with Crippen LogP contribution >= 0.6 is 46.6 Å². The van der Waals surface area contributed by atoms with Crippen LogP contribution in [0.5, 0.6) is 0 Å². The number of carbonyl (C=O) groups is 3. The molecule has 17 heteroatoms. The summed E-state index contributed by atoms with van der Waals surface area (Å²) in [6.45, 7) is 0. The second-order valence-electron chi connectivity index (χ2n) is 6.17. The first-order valence-electron chi connectivity index (χ1n) is 8.67. The highest BCUT2D eigenvalue weighted by Crippen LogP contribution is 2.44. The summed E-state index contributed by atoms with van der Waals surface area (Å²) in [4.78, 5) is 42.8. The number of anilines is 1. The fraction of sp³-hybridized carbons (Fsp3) is 0.267.